The standard InChI is InChI=1S/C19H32BNO3/c1-13(2)21(14(3)4)17(22)15-11-9-10-12-16(15)20-23-18(5,6)19(7,8)24-20/h9-16H,1-8H3/i15D. The van der Waals surface area contributed by atoms with Gasteiger partial charge in [-0.15, -0.1) is 0 Å². The van der Waals surface area contributed by atoms with E-state index in [1.165, 1.54) is 0 Å². The van der Waals surface area contributed by atoms with E-state index in [1.54, 1.807) is 17.1 Å². The molecular formula is C19H32BNO3. The van der Waals surface area contributed by atoms with Crippen LogP contribution in [0.2, 0.25) is 5.82 Å². The van der Waals surface area contributed by atoms with Crippen molar-refractivity contribution in [1.82, 2.24) is 4.90 Å². The van der Waals surface area contributed by atoms with Crippen LogP contribution in [0.1, 0.15) is 56.8 Å². The van der Waals surface area contributed by atoms with Gasteiger partial charge >= 0.3 is 7.12 Å². The smallest absolute Gasteiger partial charge is 0.403 e. The van der Waals surface area contributed by atoms with Gasteiger partial charge in [0.2, 0.25) is 5.91 Å². The van der Waals surface area contributed by atoms with E-state index in [4.69, 9.17) is 10.7 Å². The summed E-state index contributed by atoms with van der Waals surface area (Å²) < 4.78 is 21.3. The van der Waals surface area contributed by atoms with Gasteiger partial charge in [-0.2, -0.15) is 0 Å². The summed E-state index contributed by atoms with van der Waals surface area (Å²) in [5.74, 6) is -2.14. The summed E-state index contributed by atoms with van der Waals surface area (Å²) in [4.78, 5) is 15.1. The van der Waals surface area contributed by atoms with Crippen LogP contribution >= 0.6 is 0 Å². The molecule has 5 heteroatoms. The maximum Gasteiger partial charge on any atom is 0.466 e. The third-order valence-corrected chi connectivity index (χ3v) is 5.22. The van der Waals surface area contributed by atoms with E-state index >= 15 is 0 Å². The minimum absolute atomic E-state index is 0.0213. The van der Waals surface area contributed by atoms with Crippen LogP contribution in [-0.4, -0.2) is 41.2 Å². The van der Waals surface area contributed by atoms with Gasteiger partial charge in [0.25, 0.3) is 0 Å². The molecule has 2 aliphatic rings. The molecule has 0 aromatic heterocycles. The SMILES string of the molecule is [2H]C1(C(=O)N(C(C)C)C(C)C)C=CC=CC1B1OC(C)(C)C(C)(C)O1. The minimum atomic E-state index is -1.44. The number of carbonyl (C=O) groups is 1. The molecule has 1 heterocycles. The van der Waals surface area contributed by atoms with Crippen LogP contribution in [0.25, 0.3) is 0 Å². The molecule has 2 atom stereocenters. The second-order valence-electron chi connectivity index (χ2n) is 8.25. The van der Waals surface area contributed by atoms with Crippen LogP contribution in [-0.2, 0) is 14.1 Å². The van der Waals surface area contributed by atoms with Crippen molar-refractivity contribution in [3.8, 4) is 0 Å². The molecule has 0 saturated carbocycles. The van der Waals surface area contributed by atoms with E-state index in [0.717, 1.165) is 0 Å². The topological polar surface area (TPSA) is 38.8 Å². The number of amides is 1. The average Bonchev–Trinajstić information content (AvgIpc) is 2.66. The summed E-state index contributed by atoms with van der Waals surface area (Å²) in [5, 5.41) is 0. The Morgan fingerprint density at radius 1 is 1.04 bits per heavy atom. The van der Waals surface area contributed by atoms with Crippen LogP contribution in [0.4, 0.5) is 0 Å². The van der Waals surface area contributed by atoms with Crippen LogP contribution in [0, 0.1) is 5.89 Å². The van der Waals surface area contributed by atoms with E-state index in [-0.39, 0.29) is 18.0 Å². The molecule has 24 heavy (non-hydrogen) atoms. The van der Waals surface area contributed by atoms with Crippen molar-refractivity contribution < 1.29 is 15.5 Å². The molecule has 0 radical (unpaired) electrons. The second-order valence-corrected chi connectivity index (χ2v) is 8.25. The molecule has 0 spiro atoms. The predicted octanol–water partition coefficient (Wildman–Crippen LogP) is 3.84. The van der Waals surface area contributed by atoms with Gasteiger partial charge < -0.3 is 14.2 Å². The highest BCUT2D eigenvalue weighted by Gasteiger charge is 2.55. The average molecular weight is 334 g/mol. The fourth-order valence-electron chi connectivity index (χ4n) is 3.26. The van der Waals surface area contributed by atoms with Crippen molar-refractivity contribution in [1.29, 1.82) is 0 Å². The Hall–Kier alpha value is -1.07. The number of nitrogens with zero attached hydrogens (tertiary/aromatic N) is 1. The molecule has 134 valence electrons. The normalized spacial score (nSPS) is 31.7. The Morgan fingerprint density at radius 3 is 1.96 bits per heavy atom. The lowest BCUT2D eigenvalue weighted by Gasteiger charge is -2.36. The summed E-state index contributed by atoms with van der Waals surface area (Å²) in [6.45, 7) is 15.9. The molecule has 0 bridgehead atoms. The fourth-order valence-corrected chi connectivity index (χ4v) is 3.26. The lowest BCUT2D eigenvalue weighted by molar-refractivity contribution is -0.137. The summed E-state index contributed by atoms with van der Waals surface area (Å²) in [5.41, 5.74) is -0.987. The van der Waals surface area contributed by atoms with E-state index in [9.17, 15) is 4.79 Å². The highest BCUT2D eigenvalue weighted by molar-refractivity contribution is 6.49. The summed E-state index contributed by atoms with van der Waals surface area (Å²) in [7, 11) is -0.631. The molecule has 1 fully saturated rings. The highest BCUT2D eigenvalue weighted by atomic mass is 16.7. The molecular weight excluding hydrogens is 301 g/mol. The summed E-state index contributed by atoms with van der Waals surface area (Å²) >= 11 is 0. The van der Waals surface area contributed by atoms with Crippen molar-refractivity contribution in [3.63, 3.8) is 0 Å². The molecule has 2 unspecified atom stereocenters. The van der Waals surface area contributed by atoms with Gasteiger partial charge in [0.1, 0.15) is 0 Å². The zero-order valence-corrected chi connectivity index (χ0v) is 16.3. The third kappa shape index (κ3) is 3.47. The molecule has 0 aromatic carbocycles. The lowest BCUT2D eigenvalue weighted by Crippen LogP contribution is -2.47. The Labute approximate surface area is 148 Å². The maximum absolute atomic E-state index is 13.3. The number of allylic oxidation sites excluding steroid dienone is 3. The van der Waals surface area contributed by atoms with Gasteiger partial charge in [0.15, 0.2) is 0 Å². The van der Waals surface area contributed by atoms with Gasteiger partial charge in [-0.3, -0.25) is 4.79 Å². The van der Waals surface area contributed by atoms with Crippen LogP contribution in [0.3, 0.4) is 0 Å². The van der Waals surface area contributed by atoms with Gasteiger partial charge in [-0.05, 0) is 55.4 Å². The van der Waals surface area contributed by atoms with Crippen molar-refractivity contribution in [3.05, 3.63) is 24.3 Å². The first-order valence-corrected chi connectivity index (χ1v) is 8.88. The number of hydrogen-bond donors (Lipinski definition) is 0. The third-order valence-electron chi connectivity index (χ3n) is 5.22. The Morgan fingerprint density at radius 2 is 1.50 bits per heavy atom. The first-order chi connectivity index (χ1) is 11.3. The maximum atomic E-state index is 13.3. The molecule has 1 aliphatic carbocycles. The zero-order chi connectivity index (χ0) is 19.2. The summed E-state index contributed by atoms with van der Waals surface area (Å²) in [6, 6.07) is 0.0426. The van der Waals surface area contributed by atoms with Gasteiger partial charge in [-0.1, -0.05) is 24.3 Å². The Kier molecular flexibility index (Phi) is 4.94. The van der Waals surface area contributed by atoms with E-state index < -0.39 is 30.0 Å². The van der Waals surface area contributed by atoms with E-state index in [0.29, 0.717) is 0 Å². The molecule has 0 aromatic rings. The molecule has 2 rings (SSSR count). The fraction of sp³-hybridized carbons (Fsp3) is 0.737. The highest BCUT2D eigenvalue weighted by Crippen LogP contribution is 2.43. The molecule has 1 saturated heterocycles. The van der Waals surface area contributed by atoms with E-state index in [2.05, 4.69) is 0 Å². The second kappa shape index (κ2) is 6.68. The van der Waals surface area contributed by atoms with Gasteiger partial charge in [0.05, 0.1) is 17.1 Å². The Bertz CT molecular complexity index is 561. The van der Waals surface area contributed by atoms with Gasteiger partial charge in [0, 0.05) is 19.3 Å². The molecule has 0 N–H and O–H groups in total. The zero-order valence-electron chi connectivity index (χ0n) is 17.3. The lowest BCUT2D eigenvalue weighted by atomic mass is 9.63. The monoisotopic (exact) mass is 334 g/mol. The van der Waals surface area contributed by atoms with Crippen molar-refractivity contribution >= 4 is 13.0 Å². The summed E-state index contributed by atoms with van der Waals surface area (Å²) in [6.07, 6.45) is 7.17. The Balaban J connectivity index is 2.37. The van der Waals surface area contributed by atoms with Crippen molar-refractivity contribution in [2.75, 3.05) is 0 Å². The molecule has 1 amide bonds. The molecule has 4 nitrogen and oxygen atoms in total. The quantitative estimate of drug-likeness (QED) is 0.733. The van der Waals surface area contributed by atoms with E-state index in [1.807, 2.05) is 67.5 Å². The number of carbonyl (C=O) groups excluding carboxylic acids is 1. The first kappa shape index (κ1) is 17.7. The predicted molar refractivity (Wildman–Crippen MR) is 98.7 cm³/mol. The largest absolute Gasteiger partial charge is 0.466 e. The van der Waals surface area contributed by atoms with Crippen LogP contribution < -0.4 is 0 Å². The first-order valence-electron chi connectivity index (χ1n) is 9.38. The molecule has 1 aliphatic heterocycles. The van der Waals surface area contributed by atoms with Crippen molar-refractivity contribution in [2.45, 2.75) is 84.5 Å². The number of hydrogen-bond acceptors (Lipinski definition) is 3. The van der Waals surface area contributed by atoms with Gasteiger partial charge in [-0.25, -0.2) is 0 Å². The minimum Gasteiger partial charge on any atom is -0.403 e. The van der Waals surface area contributed by atoms with Crippen LogP contribution in [0.5, 0.6) is 0 Å². The van der Waals surface area contributed by atoms with Crippen LogP contribution in [0.15, 0.2) is 24.3 Å². The van der Waals surface area contributed by atoms with Crippen molar-refractivity contribution in [2.24, 2.45) is 5.89 Å². The number of rotatable bonds is 4.